The second-order valence-corrected chi connectivity index (χ2v) is 6.51. The predicted molar refractivity (Wildman–Crippen MR) is 86.9 cm³/mol. The van der Waals surface area contributed by atoms with Gasteiger partial charge in [-0.05, 0) is 19.1 Å². The first kappa shape index (κ1) is 17.4. The van der Waals surface area contributed by atoms with E-state index in [1.165, 1.54) is 4.90 Å². The lowest BCUT2D eigenvalue weighted by molar-refractivity contribution is -0.920. The highest BCUT2D eigenvalue weighted by Crippen LogP contribution is 2.26. The Bertz CT molecular complexity index is 682. The first-order chi connectivity index (χ1) is 12.0. The van der Waals surface area contributed by atoms with Crippen molar-refractivity contribution in [2.24, 2.45) is 5.92 Å². The Kier molecular flexibility index (Phi) is 5.03. The molecule has 0 bridgehead atoms. The minimum Gasteiger partial charge on any atom is -0.550 e. The van der Waals surface area contributed by atoms with E-state index in [0.29, 0.717) is 44.0 Å². The number of carboxylic acids is 1. The van der Waals surface area contributed by atoms with Gasteiger partial charge >= 0.3 is 0 Å². The number of nitrogens with one attached hydrogen (secondary N) is 1. The summed E-state index contributed by atoms with van der Waals surface area (Å²) in [6.07, 6.45) is 1.12. The van der Waals surface area contributed by atoms with Crippen molar-refractivity contribution in [3.05, 3.63) is 24.3 Å². The molecule has 2 amide bonds. The number of nitrogens with zero attached hydrogens (tertiary/aromatic N) is 1. The van der Waals surface area contributed by atoms with Gasteiger partial charge in [-0.25, -0.2) is 4.90 Å². The van der Waals surface area contributed by atoms with E-state index in [1.54, 1.807) is 24.3 Å². The Morgan fingerprint density at radius 3 is 2.68 bits per heavy atom. The maximum Gasteiger partial charge on any atom is 0.292 e. The van der Waals surface area contributed by atoms with Gasteiger partial charge in [-0.1, -0.05) is 6.07 Å². The van der Waals surface area contributed by atoms with Crippen LogP contribution in [0, 0.1) is 5.92 Å². The highest BCUT2D eigenvalue weighted by atomic mass is 16.5. The summed E-state index contributed by atoms with van der Waals surface area (Å²) in [6.45, 7) is 3.50. The van der Waals surface area contributed by atoms with Crippen LogP contribution >= 0.6 is 0 Å². The van der Waals surface area contributed by atoms with Crippen LogP contribution in [0.5, 0.6) is 5.75 Å². The smallest absolute Gasteiger partial charge is 0.292 e. The van der Waals surface area contributed by atoms with Crippen molar-refractivity contribution in [3.63, 3.8) is 0 Å². The Morgan fingerprint density at radius 1 is 1.32 bits per heavy atom. The second-order valence-electron chi connectivity index (χ2n) is 6.51. The van der Waals surface area contributed by atoms with E-state index in [-0.39, 0.29) is 18.2 Å². The number of carbonyl (C=O) groups excluding carboxylic acids is 3. The Balaban J connectivity index is 1.72. The third-order valence-electron chi connectivity index (χ3n) is 4.99. The molecule has 0 aromatic heterocycles. The minimum atomic E-state index is -1.03. The monoisotopic (exact) mass is 346 g/mol. The number of imide groups is 1. The van der Waals surface area contributed by atoms with E-state index < -0.39 is 17.9 Å². The van der Waals surface area contributed by atoms with Crippen LogP contribution in [-0.2, 0) is 14.4 Å². The van der Waals surface area contributed by atoms with Gasteiger partial charge in [-0.15, -0.1) is 0 Å². The highest BCUT2D eigenvalue weighted by Gasteiger charge is 2.46. The molecule has 0 unspecified atom stereocenters. The molecule has 1 atom stereocenters. The normalized spacial score (nSPS) is 26.8. The number of piperidine rings is 1. The van der Waals surface area contributed by atoms with E-state index in [9.17, 15) is 19.5 Å². The van der Waals surface area contributed by atoms with Crippen molar-refractivity contribution < 1.29 is 29.1 Å². The number of hydrogen-bond acceptors (Lipinski definition) is 5. The van der Waals surface area contributed by atoms with Crippen LogP contribution < -0.4 is 19.6 Å². The third-order valence-corrected chi connectivity index (χ3v) is 4.99. The molecular weight excluding hydrogens is 324 g/mol. The van der Waals surface area contributed by atoms with Gasteiger partial charge in [0.05, 0.1) is 31.8 Å². The van der Waals surface area contributed by atoms with E-state index in [2.05, 4.69) is 0 Å². The van der Waals surface area contributed by atoms with Crippen molar-refractivity contribution in [2.45, 2.75) is 32.2 Å². The third kappa shape index (κ3) is 3.51. The maximum atomic E-state index is 12.8. The SMILES string of the molecule is CCOc1cccc(N2C(=O)C[C@H]([NH+]3CCC(C(=O)[O-])CC3)C2=O)c1. The van der Waals surface area contributed by atoms with Gasteiger partial charge in [-0.3, -0.25) is 9.59 Å². The first-order valence-electron chi connectivity index (χ1n) is 8.66. The summed E-state index contributed by atoms with van der Waals surface area (Å²) in [5, 5.41) is 11.0. The number of carboxylic acid groups (broad SMARTS) is 1. The summed E-state index contributed by atoms with van der Waals surface area (Å²) in [5.74, 6) is -1.30. The van der Waals surface area contributed by atoms with Crippen molar-refractivity contribution in [1.82, 2.24) is 0 Å². The van der Waals surface area contributed by atoms with E-state index in [1.807, 2.05) is 6.92 Å². The van der Waals surface area contributed by atoms with Crippen LogP contribution in [0.4, 0.5) is 5.69 Å². The summed E-state index contributed by atoms with van der Waals surface area (Å²) in [7, 11) is 0. The fourth-order valence-corrected chi connectivity index (χ4v) is 3.67. The molecule has 7 nitrogen and oxygen atoms in total. The molecule has 0 aliphatic carbocycles. The zero-order valence-electron chi connectivity index (χ0n) is 14.2. The fourth-order valence-electron chi connectivity index (χ4n) is 3.67. The number of anilines is 1. The molecule has 134 valence electrons. The number of amides is 2. The van der Waals surface area contributed by atoms with Gasteiger partial charge in [-0.2, -0.15) is 0 Å². The first-order valence-corrected chi connectivity index (χ1v) is 8.66. The quantitative estimate of drug-likeness (QED) is 0.674. The topological polar surface area (TPSA) is 91.2 Å². The van der Waals surface area contributed by atoms with Crippen LogP contribution in [-0.4, -0.2) is 43.5 Å². The standard InChI is InChI=1S/C18H22N2O5/c1-2-25-14-5-3-4-13(10-14)20-16(21)11-15(17(20)22)19-8-6-12(7-9-19)18(23)24/h3-5,10,12,15H,2,6-9,11H2,1H3,(H,23,24)/t15-/m0/s1. The molecule has 25 heavy (non-hydrogen) atoms. The molecule has 1 aromatic carbocycles. The largest absolute Gasteiger partial charge is 0.550 e. The van der Waals surface area contributed by atoms with Gasteiger partial charge in [0.1, 0.15) is 5.75 Å². The Labute approximate surface area is 146 Å². The van der Waals surface area contributed by atoms with E-state index >= 15 is 0 Å². The molecule has 3 rings (SSSR count). The molecule has 0 spiro atoms. The average Bonchev–Trinajstić information content (AvgIpc) is 2.90. The molecule has 1 N–H and O–H groups in total. The molecule has 2 aliphatic heterocycles. The molecule has 1 aromatic rings. The number of likely N-dealkylation sites (tertiary alicyclic amines) is 1. The van der Waals surface area contributed by atoms with Crippen LogP contribution in [0.25, 0.3) is 0 Å². The van der Waals surface area contributed by atoms with Crippen LogP contribution in [0.3, 0.4) is 0 Å². The summed E-state index contributed by atoms with van der Waals surface area (Å²) in [4.78, 5) is 38.4. The minimum absolute atomic E-state index is 0.156. The highest BCUT2D eigenvalue weighted by molar-refractivity contribution is 6.21. The number of benzene rings is 1. The number of rotatable bonds is 5. The van der Waals surface area contributed by atoms with Crippen LogP contribution in [0.2, 0.25) is 0 Å². The molecule has 2 aliphatic rings. The average molecular weight is 346 g/mol. The fraction of sp³-hybridized carbons (Fsp3) is 0.500. The summed E-state index contributed by atoms with van der Waals surface area (Å²) < 4.78 is 5.44. The molecular formula is C18H22N2O5. The molecule has 0 radical (unpaired) electrons. The number of hydrogen-bond donors (Lipinski definition) is 1. The molecule has 2 fully saturated rings. The van der Waals surface area contributed by atoms with E-state index in [4.69, 9.17) is 4.74 Å². The summed E-state index contributed by atoms with van der Waals surface area (Å²) in [6, 6.07) is 6.52. The molecule has 2 saturated heterocycles. The van der Waals surface area contributed by atoms with Crippen LogP contribution in [0.1, 0.15) is 26.2 Å². The Hall–Kier alpha value is -2.41. The molecule has 2 heterocycles. The van der Waals surface area contributed by atoms with Gasteiger partial charge in [0.15, 0.2) is 6.04 Å². The lowest BCUT2D eigenvalue weighted by Crippen LogP contribution is -3.17. The van der Waals surface area contributed by atoms with Gasteiger partial charge in [0.25, 0.3) is 5.91 Å². The van der Waals surface area contributed by atoms with Crippen molar-refractivity contribution in [3.8, 4) is 5.75 Å². The van der Waals surface area contributed by atoms with Gasteiger partial charge < -0.3 is 19.5 Å². The number of quaternary nitrogens is 1. The predicted octanol–water partition coefficient (Wildman–Crippen LogP) is -1.24. The van der Waals surface area contributed by atoms with Crippen molar-refractivity contribution in [1.29, 1.82) is 0 Å². The van der Waals surface area contributed by atoms with Crippen molar-refractivity contribution >= 4 is 23.5 Å². The number of carbonyl (C=O) groups is 3. The molecule has 0 saturated carbocycles. The van der Waals surface area contributed by atoms with Crippen molar-refractivity contribution in [2.75, 3.05) is 24.6 Å². The van der Waals surface area contributed by atoms with Crippen LogP contribution in [0.15, 0.2) is 24.3 Å². The zero-order chi connectivity index (χ0) is 18.0. The van der Waals surface area contributed by atoms with Gasteiger partial charge in [0, 0.05) is 30.8 Å². The van der Waals surface area contributed by atoms with Gasteiger partial charge in [0.2, 0.25) is 5.91 Å². The number of aliphatic carboxylic acids is 1. The maximum absolute atomic E-state index is 12.8. The summed E-state index contributed by atoms with van der Waals surface area (Å²) >= 11 is 0. The second kappa shape index (κ2) is 7.23. The number of ether oxygens (including phenoxy) is 1. The Morgan fingerprint density at radius 2 is 2.04 bits per heavy atom. The summed E-state index contributed by atoms with van der Waals surface area (Å²) in [5.41, 5.74) is 0.521. The zero-order valence-corrected chi connectivity index (χ0v) is 14.2. The molecule has 7 heteroatoms. The lowest BCUT2D eigenvalue weighted by atomic mass is 9.96. The lowest BCUT2D eigenvalue weighted by Gasteiger charge is -2.32. The van der Waals surface area contributed by atoms with E-state index in [0.717, 1.165) is 4.90 Å².